The van der Waals surface area contributed by atoms with Crippen LogP contribution in [0.15, 0.2) is 72.8 Å². The lowest BCUT2D eigenvalue weighted by Crippen LogP contribution is -2.32. The first-order chi connectivity index (χ1) is 14.1. The monoisotopic (exact) mass is 398 g/mol. The van der Waals surface area contributed by atoms with E-state index >= 15 is 0 Å². The number of carbonyl (C=O) groups excluding carboxylic acids is 1. The largest absolute Gasteiger partial charge is 0.374 e. The summed E-state index contributed by atoms with van der Waals surface area (Å²) in [7, 11) is 0. The Bertz CT molecular complexity index is 1170. The molecule has 0 aliphatic heterocycles. The van der Waals surface area contributed by atoms with Crippen molar-refractivity contribution in [3.8, 4) is 16.6 Å². The van der Waals surface area contributed by atoms with E-state index in [1.807, 2.05) is 42.5 Å². The molecule has 1 amide bonds. The highest BCUT2D eigenvalue weighted by atomic mass is 32.1. The molecule has 5 nitrogen and oxygen atoms in total. The molecule has 0 aliphatic rings. The van der Waals surface area contributed by atoms with E-state index in [1.165, 1.54) is 0 Å². The molecular formula is C23H18N4OS. The minimum absolute atomic E-state index is 0.206. The minimum atomic E-state index is -0.463. The number of fused-ring (bicyclic) bond motifs is 1. The van der Waals surface area contributed by atoms with Crippen LogP contribution < -0.4 is 10.6 Å². The van der Waals surface area contributed by atoms with Gasteiger partial charge in [-0.15, -0.1) is 11.3 Å². The fourth-order valence-corrected chi connectivity index (χ4v) is 3.92. The normalized spacial score (nSPS) is 11.6. The number of carbonyl (C=O) groups is 1. The summed E-state index contributed by atoms with van der Waals surface area (Å²) in [5.74, 6) is -0.206. The van der Waals surface area contributed by atoms with Crippen LogP contribution in [0.1, 0.15) is 12.5 Å². The van der Waals surface area contributed by atoms with Gasteiger partial charge in [0.2, 0.25) is 5.91 Å². The molecule has 4 aromatic rings. The minimum Gasteiger partial charge on any atom is -0.374 e. The maximum atomic E-state index is 12.5. The Morgan fingerprint density at radius 3 is 2.52 bits per heavy atom. The Labute approximate surface area is 172 Å². The van der Waals surface area contributed by atoms with Crippen molar-refractivity contribution in [2.24, 2.45) is 0 Å². The summed E-state index contributed by atoms with van der Waals surface area (Å²) >= 11 is 1.66. The summed E-state index contributed by atoms with van der Waals surface area (Å²) in [4.78, 5) is 17.2. The molecule has 0 saturated carbocycles. The van der Waals surface area contributed by atoms with Crippen LogP contribution in [-0.4, -0.2) is 16.9 Å². The number of hydrogen-bond donors (Lipinski definition) is 2. The number of rotatable bonds is 5. The van der Waals surface area contributed by atoms with Crippen LogP contribution in [-0.2, 0) is 4.79 Å². The number of thiazole rings is 1. The first kappa shape index (κ1) is 18.7. The van der Waals surface area contributed by atoms with Crippen LogP contribution in [0.2, 0.25) is 0 Å². The summed E-state index contributed by atoms with van der Waals surface area (Å²) < 4.78 is 1.16. The lowest BCUT2D eigenvalue weighted by molar-refractivity contribution is -0.116. The van der Waals surface area contributed by atoms with Crippen molar-refractivity contribution in [2.75, 3.05) is 10.6 Å². The number of amides is 1. The molecule has 0 radical (unpaired) electrons. The number of benzene rings is 3. The molecule has 1 atom stereocenters. The summed E-state index contributed by atoms with van der Waals surface area (Å²) in [6, 6.07) is 24.5. The quantitative estimate of drug-likeness (QED) is 0.480. The van der Waals surface area contributed by atoms with Gasteiger partial charge in [0, 0.05) is 11.3 Å². The van der Waals surface area contributed by atoms with Gasteiger partial charge in [-0.2, -0.15) is 5.26 Å². The van der Waals surface area contributed by atoms with Crippen LogP contribution in [0.4, 0.5) is 11.4 Å². The second-order valence-corrected chi connectivity index (χ2v) is 7.61. The lowest BCUT2D eigenvalue weighted by atomic mass is 10.1. The third-order valence-corrected chi connectivity index (χ3v) is 5.59. The number of aromatic nitrogens is 1. The smallest absolute Gasteiger partial charge is 0.246 e. The first-order valence-corrected chi connectivity index (χ1v) is 9.98. The molecule has 1 heterocycles. The van der Waals surface area contributed by atoms with Gasteiger partial charge in [0.1, 0.15) is 17.1 Å². The van der Waals surface area contributed by atoms with E-state index in [4.69, 9.17) is 5.26 Å². The van der Waals surface area contributed by atoms with Gasteiger partial charge in [0.15, 0.2) is 0 Å². The molecule has 3 aromatic carbocycles. The standard InChI is InChI=1S/C23H18N4OS/c1-15(22(28)26-19-7-3-2-6-17(19)14-24)25-18-12-10-16(11-13-18)23-27-20-8-4-5-9-21(20)29-23/h2-13,15,25H,1H3,(H,26,28)/t15-/m1/s1. The van der Waals surface area contributed by atoms with Gasteiger partial charge in [-0.1, -0.05) is 24.3 Å². The van der Waals surface area contributed by atoms with E-state index in [-0.39, 0.29) is 5.91 Å². The van der Waals surface area contributed by atoms with E-state index in [2.05, 4.69) is 27.8 Å². The van der Waals surface area contributed by atoms with E-state index in [1.54, 1.807) is 42.5 Å². The number of nitrogens with zero attached hydrogens (tertiary/aromatic N) is 2. The third kappa shape index (κ3) is 4.10. The SMILES string of the molecule is C[C@@H](Nc1ccc(-c2nc3ccccc3s2)cc1)C(=O)Nc1ccccc1C#N. The van der Waals surface area contributed by atoms with Crippen LogP contribution in [0.25, 0.3) is 20.8 Å². The van der Waals surface area contributed by atoms with Gasteiger partial charge in [-0.3, -0.25) is 4.79 Å². The molecule has 2 N–H and O–H groups in total. The molecule has 1 aromatic heterocycles. The molecule has 0 aliphatic carbocycles. The Morgan fingerprint density at radius 1 is 1.03 bits per heavy atom. The van der Waals surface area contributed by atoms with Crippen molar-refractivity contribution in [3.05, 3.63) is 78.4 Å². The van der Waals surface area contributed by atoms with Crippen molar-refractivity contribution in [1.82, 2.24) is 4.98 Å². The van der Waals surface area contributed by atoms with E-state index in [0.29, 0.717) is 11.3 Å². The highest BCUT2D eigenvalue weighted by Gasteiger charge is 2.14. The number of nitriles is 1. The van der Waals surface area contributed by atoms with Gasteiger partial charge in [0.05, 0.1) is 21.5 Å². The molecule has 0 bridgehead atoms. The van der Waals surface area contributed by atoms with Gasteiger partial charge in [-0.25, -0.2) is 4.98 Å². The molecular weight excluding hydrogens is 380 g/mol. The van der Waals surface area contributed by atoms with Crippen LogP contribution in [0, 0.1) is 11.3 Å². The lowest BCUT2D eigenvalue weighted by Gasteiger charge is -2.16. The summed E-state index contributed by atoms with van der Waals surface area (Å²) in [5, 5.41) is 16.1. The van der Waals surface area contributed by atoms with Crippen molar-refractivity contribution in [3.63, 3.8) is 0 Å². The van der Waals surface area contributed by atoms with E-state index in [0.717, 1.165) is 26.5 Å². The van der Waals surface area contributed by atoms with Gasteiger partial charge in [-0.05, 0) is 55.5 Å². The topological polar surface area (TPSA) is 77.8 Å². The highest BCUT2D eigenvalue weighted by Crippen LogP contribution is 2.30. The average molecular weight is 398 g/mol. The van der Waals surface area contributed by atoms with Crippen molar-refractivity contribution in [1.29, 1.82) is 5.26 Å². The fraction of sp³-hybridized carbons (Fsp3) is 0.0870. The number of para-hydroxylation sites is 2. The molecule has 142 valence electrons. The van der Waals surface area contributed by atoms with Gasteiger partial charge >= 0.3 is 0 Å². The van der Waals surface area contributed by atoms with Crippen LogP contribution in [0.5, 0.6) is 0 Å². The predicted octanol–water partition coefficient (Wildman–Crippen LogP) is 5.27. The van der Waals surface area contributed by atoms with Crippen molar-refractivity contribution >= 4 is 38.8 Å². The zero-order valence-corrected chi connectivity index (χ0v) is 16.5. The maximum Gasteiger partial charge on any atom is 0.246 e. The molecule has 29 heavy (non-hydrogen) atoms. The summed E-state index contributed by atoms with van der Waals surface area (Å²) in [6.07, 6.45) is 0. The van der Waals surface area contributed by atoms with Crippen molar-refractivity contribution < 1.29 is 4.79 Å². The van der Waals surface area contributed by atoms with Crippen molar-refractivity contribution in [2.45, 2.75) is 13.0 Å². The Balaban J connectivity index is 1.44. The Hall–Kier alpha value is -3.69. The summed E-state index contributed by atoms with van der Waals surface area (Å²) in [6.45, 7) is 1.78. The molecule has 0 fully saturated rings. The van der Waals surface area contributed by atoms with E-state index < -0.39 is 6.04 Å². The summed E-state index contributed by atoms with van der Waals surface area (Å²) in [5.41, 5.74) is 3.83. The molecule has 6 heteroatoms. The second-order valence-electron chi connectivity index (χ2n) is 6.58. The van der Waals surface area contributed by atoms with E-state index in [9.17, 15) is 4.79 Å². The van der Waals surface area contributed by atoms with Gasteiger partial charge in [0.25, 0.3) is 0 Å². The maximum absolute atomic E-state index is 12.5. The zero-order chi connectivity index (χ0) is 20.2. The van der Waals surface area contributed by atoms with Crippen LogP contribution >= 0.6 is 11.3 Å². The highest BCUT2D eigenvalue weighted by molar-refractivity contribution is 7.21. The number of nitrogens with one attached hydrogen (secondary N) is 2. The molecule has 0 unspecified atom stereocenters. The Morgan fingerprint density at radius 2 is 1.76 bits per heavy atom. The molecule has 0 spiro atoms. The van der Waals surface area contributed by atoms with Gasteiger partial charge < -0.3 is 10.6 Å². The molecule has 4 rings (SSSR count). The zero-order valence-electron chi connectivity index (χ0n) is 15.7. The predicted molar refractivity (Wildman–Crippen MR) is 118 cm³/mol. The first-order valence-electron chi connectivity index (χ1n) is 9.16. The second kappa shape index (κ2) is 8.13. The fourth-order valence-electron chi connectivity index (χ4n) is 2.95. The van der Waals surface area contributed by atoms with Crippen LogP contribution in [0.3, 0.4) is 0 Å². The number of hydrogen-bond acceptors (Lipinski definition) is 5. The molecule has 0 saturated heterocycles. The average Bonchev–Trinajstić information content (AvgIpc) is 3.19. The number of anilines is 2. The Kier molecular flexibility index (Phi) is 5.23. The third-order valence-electron chi connectivity index (χ3n) is 4.51.